The zero-order chi connectivity index (χ0) is 15.5. The molecule has 1 heterocycles. The molecule has 0 bridgehead atoms. The van der Waals surface area contributed by atoms with Crippen LogP contribution in [-0.4, -0.2) is 26.0 Å². The zero-order valence-corrected chi connectivity index (χ0v) is 12.2. The smallest absolute Gasteiger partial charge is 0.273 e. The molecule has 0 aliphatic rings. The van der Waals surface area contributed by atoms with Crippen molar-refractivity contribution in [2.24, 2.45) is 5.14 Å². The number of benzene rings is 1. The summed E-state index contributed by atoms with van der Waals surface area (Å²) < 4.78 is 27.2. The molecule has 8 heteroatoms. The summed E-state index contributed by atoms with van der Waals surface area (Å²) in [6.07, 6.45) is 1.89. The molecule has 1 aromatic carbocycles. The predicted molar refractivity (Wildman–Crippen MR) is 75.1 cm³/mol. The molecule has 0 saturated heterocycles. The Morgan fingerprint density at radius 2 is 2.14 bits per heavy atom. The van der Waals surface area contributed by atoms with Gasteiger partial charge in [0, 0.05) is 12.6 Å². The maximum atomic E-state index is 11.6. The van der Waals surface area contributed by atoms with E-state index in [1.165, 1.54) is 18.4 Å². The summed E-state index contributed by atoms with van der Waals surface area (Å²) in [7, 11) is -3.70. The molecule has 0 aliphatic heterocycles. The number of amides is 1. The Morgan fingerprint density at radius 1 is 1.38 bits per heavy atom. The molecular weight excluding hydrogens is 294 g/mol. The van der Waals surface area contributed by atoms with Crippen LogP contribution in [0.15, 0.2) is 39.9 Å². The van der Waals surface area contributed by atoms with Crippen molar-refractivity contribution >= 4 is 15.9 Å². The summed E-state index contributed by atoms with van der Waals surface area (Å²) in [5, 5.41) is 11.3. The summed E-state index contributed by atoms with van der Waals surface area (Å²) >= 11 is 0. The van der Waals surface area contributed by atoms with Crippen LogP contribution in [0.4, 0.5) is 0 Å². The number of aryl methyl sites for hydroxylation is 1. The van der Waals surface area contributed by atoms with Crippen molar-refractivity contribution in [3.63, 3.8) is 0 Å². The van der Waals surface area contributed by atoms with E-state index in [-0.39, 0.29) is 16.5 Å². The number of hydrogen-bond acceptors (Lipinski definition) is 5. The Kier molecular flexibility index (Phi) is 4.39. The van der Waals surface area contributed by atoms with Gasteiger partial charge in [-0.15, -0.1) is 0 Å². The third-order valence-electron chi connectivity index (χ3n) is 2.92. The molecule has 1 amide bonds. The lowest BCUT2D eigenvalue weighted by atomic mass is 10.1. The summed E-state index contributed by atoms with van der Waals surface area (Å²) in [5.41, 5.74) is 1.70. The number of nitrogens with one attached hydrogen (secondary N) is 1. The van der Waals surface area contributed by atoms with E-state index in [9.17, 15) is 13.2 Å². The van der Waals surface area contributed by atoms with E-state index in [0.29, 0.717) is 18.5 Å². The van der Waals surface area contributed by atoms with Gasteiger partial charge in [0.15, 0.2) is 5.69 Å². The number of nitrogens with zero attached hydrogens (tertiary/aromatic N) is 1. The van der Waals surface area contributed by atoms with Gasteiger partial charge in [-0.1, -0.05) is 17.3 Å². The maximum absolute atomic E-state index is 11.6. The van der Waals surface area contributed by atoms with E-state index < -0.39 is 10.0 Å². The lowest BCUT2D eigenvalue weighted by Crippen LogP contribution is -2.26. The van der Waals surface area contributed by atoms with Crippen molar-refractivity contribution in [2.45, 2.75) is 18.2 Å². The van der Waals surface area contributed by atoms with Crippen molar-refractivity contribution in [1.29, 1.82) is 0 Å². The lowest BCUT2D eigenvalue weighted by Gasteiger charge is -2.07. The molecule has 0 radical (unpaired) electrons. The molecule has 3 N–H and O–H groups in total. The number of carbonyl (C=O) groups excluding carboxylic acids is 1. The first-order valence-corrected chi connectivity index (χ1v) is 7.73. The number of hydrogen-bond donors (Lipinski definition) is 2. The van der Waals surface area contributed by atoms with Crippen LogP contribution in [0.25, 0.3) is 0 Å². The minimum atomic E-state index is -3.70. The molecule has 0 spiro atoms. The SMILES string of the molecule is Cc1cc(CCNC(=O)c2ccon2)ccc1S(N)(=O)=O. The number of aromatic nitrogens is 1. The molecule has 0 saturated carbocycles. The molecule has 7 nitrogen and oxygen atoms in total. The Bertz CT molecular complexity index is 739. The number of sulfonamides is 1. The fourth-order valence-electron chi connectivity index (χ4n) is 1.93. The van der Waals surface area contributed by atoms with Gasteiger partial charge in [-0.3, -0.25) is 4.79 Å². The van der Waals surface area contributed by atoms with Crippen molar-refractivity contribution in [1.82, 2.24) is 10.5 Å². The van der Waals surface area contributed by atoms with Crippen LogP contribution >= 0.6 is 0 Å². The highest BCUT2D eigenvalue weighted by molar-refractivity contribution is 7.89. The molecule has 0 fully saturated rings. The zero-order valence-electron chi connectivity index (χ0n) is 11.4. The van der Waals surface area contributed by atoms with Gasteiger partial charge in [-0.25, -0.2) is 13.6 Å². The maximum Gasteiger partial charge on any atom is 0.273 e. The second-order valence-electron chi connectivity index (χ2n) is 4.54. The van der Waals surface area contributed by atoms with Gasteiger partial charge < -0.3 is 9.84 Å². The summed E-state index contributed by atoms with van der Waals surface area (Å²) in [4.78, 5) is 11.7. The molecule has 2 aromatic rings. The van der Waals surface area contributed by atoms with Gasteiger partial charge in [0.1, 0.15) is 6.26 Å². The monoisotopic (exact) mass is 309 g/mol. The standard InChI is InChI=1S/C13H15N3O4S/c1-9-8-10(2-3-12(9)21(14,18)19)4-6-15-13(17)11-5-7-20-16-11/h2-3,5,7-8H,4,6H2,1H3,(H,15,17)(H2,14,18,19). The molecular formula is C13H15N3O4S. The summed E-state index contributed by atoms with van der Waals surface area (Å²) in [5.74, 6) is -0.318. The highest BCUT2D eigenvalue weighted by Crippen LogP contribution is 2.15. The molecule has 1 aromatic heterocycles. The number of nitrogens with two attached hydrogens (primary N) is 1. The Balaban J connectivity index is 1.95. The van der Waals surface area contributed by atoms with E-state index in [1.807, 2.05) is 0 Å². The molecule has 0 aliphatic carbocycles. The predicted octanol–water partition coefficient (Wildman–Crippen LogP) is 0.603. The van der Waals surface area contributed by atoms with Crippen LogP contribution in [-0.2, 0) is 16.4 Å². The van der Waals surface area contributed by atoms with Crippen molar-refractivity contribution in [3.8, 4) is 0 Å². The Hall–Kier alpha value is -2.19. The minimum Gasteiger partial charge on any atom is -0.364 e. The van der Waals surface area contributed by atoms with Gasteiger partial charge in [-0.05, 0) is 30.5 Å². The van der Waals surface area contributed by atoms with Crippen molar-refractivity contribution < 1.29 is 17.7 Å². The largest absolute Gasteiger partial charge is 0.364 e. The van der Waals surface area contributed by atoms with E-state index >= 15 is 0 Å². The normalized spacial score (nSPS) is 11.3. The number of carbonyl (C=O) groups is 1. The summed E-state index contributed by atoms with van der Waals surface area (Å²) in [6.45, 7) is 2.08. The molecule has 21 heavy (non-hydrogen) atoms. The second-order valence-corrected chi connectivity index (χ2v) is 6.07. The quantitative estimate of drug-likeness (QED) is 0.839. The fraction of sp³-hybridized carbons (Fsp3) is 0.231. The van der Waals surface area contributed by atoms with Crippen LogP contribution in [0.3, 0.4) is 0 Å². The van der Waals surface area contributed by atoms with Crippen LogP contribution in [0.1, 0.15) is 21.6 Å². The highest BCUT2D eigenvalue weighted by Gasteiger charge is 2.12. The van der Waals surface area contributed by atoms with Crippen LogP contribution < -0.4 is 10.5 Å². The van der Waals surface area contributed by atoms with E-state index in [4.69, 9.17) is 5.14 Å². The third-order valence-corrected chi connectivity index (χ3v) is 3.99. The molecule has 0 unspecified atom stereocenters. The number of rotatable bonds is 5. The lowest BCUT2D eigenvalue weighted by molar-refractivity contribution is 0.0945. The molecule has 2 rings (SSSR count). The molecule has 0 atom stereocenters. The van der Waals surface area contributed by atoms with Gasteiger partial charge >= 0.3 is 0 Å². The van der Waals surface area contributed by atoms with Crippen LogP contribution in [0.5, 0.6) is 0 Å². The first kappa shape index (κ1) is 15.2. The highest BCUT2D eigenvalue weighted by atomic mass is 32.2. The minimum absolute atomic E-state index is 0.109. The Morgan fingerprint density at radius 3 is 2.71 bits per heavy atom. The van der Waals surface area contributed by atoms with E-state index in [1.54, 1.807) is 19.1 Å². The first-order chi connectivity index (χ1) is 9.88. The van der Waals surface area contributed by atoms with Gasteiger partial charge in [0.05, 0.1) is 4.90 Å². The Labute approximate surface area is 122 Å². The van der Waals surface area contributed by atoms with E-state index in [0.717, 1.165) is 5.56 Å². The van der Waals surface area contributed by atoms with Gasteiger partial charge in [-0.2, -0.15) is 0 Å². The summed E-state index contributed by atoms with van der Waals surface area (Å²) in [6, 6.07) is 6.36. The van der Waals surface area contributed by atoms with Crippen molar-refractivity contribution in [3.05, 3.63) is 47.3 Å². The second kappa shape index (κ2) is 6.06. The average Bonchev–Trinajstić information content (AvgIpc) is 2.91. The topological polar surface area (TPSA) is 115 Å². The van der Waals surface area contributed by atoms with Gasteiger partial charge in [0.25, 0.3) is 5.91 Å². The average molecular weight is 309 g/mol. The van der Waals surface area contributed by atoms with Crippen molar-refractivity contribution in [2.75, 3.05) is 6.54 Å². The van der Waals surface area contributed by atoms with E-state index in [2.05, 4.69) is 15.0 Å². The number of primary sulfonamides is 1. The van der Waals surface area contributed by atoms with Gasteiger partial charge in [0.2, 0.25) is 10.0 Å². The first-order valence-electron chi connectivity index (χ1n) is 6.19. The fourth-order valence-corrected chi connectivity index (χ4v) is 2.69. The van der Waals surface area contributed by atoms with Crippen LogP contribution in [0.2, 0.25) is 0 Å². The third kappa shape index (κ3) is 3.89. The molecule has 112 valence electrons. The van der Waals surface area contributed by atoms with Crippen LogP contribution in [0, 0.1) is 6.92 Å².